The predicted molar refractivity (Wildman–Crippen MR) is 131 cm³/mol. The van der Waals surface area contributed by atoms with Gasteiger partial charge in [-0.3, -0.25) is 9.59 Å². The van der Waals surface area contributed by atoms with Crippen LogP contribution in [0, 0.1) is 5.82 Å². The predicted octanol–water partition coefficient (Wildman–Crippen LogP) is 3.04. The second kappa shape index (κ2) is 12.1. The molecule has 0 heterocycles. The maximum Gasteiger partial charge on any atom is 0.304 e. The van der Waals surface area contributed by atoms with E-state index in [2.05, 4.69) is 5.32 Å². The lowest BCUT2D eigenvalue weighted by molar-refractivity contribution is -0.139. The number of hydrogen-bond donors (Lipinski definition) is 1. The van der Waals surface area contributed by atoms with Crippen LogP contribution in [-0.2, 0) is 26.3 Å². The molecule has 0 bridgehead atoms. The highest BCUT2D eigenvalue weighted by atomic mass is 35.5. The van der Waals surface area contributed by atoms with E-state index in [-0.39, 0.29) is 18.1 Å². The van der Waals surface area contributed by atoms with Crippen molar-refractivity contribution in [2.24, 2.45) is 0 Å². The Kier molecular flexibility index (Phi) is 9.84. The molecule has 0 spiro atoms. The average molecular weight is 513 g/mol. The molecule has 0 aliphatic rings. The van der Waals surface area contributed by atoms with Crippen LogP contribution in [-0.4, -0.2) is 62.7 Å². The van der Waals surface area contributed by atoms with Gasteiger partial charge in [0.25, 0.3) is 0 Å². The van der Waals surface area contributed by atoms with Crippen LogP contribution in [0.25, 0.3) is 0 Å². The minimum atomic E-state index is -4.10. The number of nitrogens with zero attached hydrogens (tertiary/aromatic N) is 3. The first-order valence-electron chi connectivity index (χ1n) is 10.7. The molecular formula is C23H30ClFN4O4S. The number of nitrogens with one attached hydrogen (secondary N) is 1. The molecule has 2 aromatic carbocycles. The van der Waals surface area contributed by atoms with E-state index in [0.717, 1.165) is 27.2 Å². The van der Waals surface area contributed by atoms with Crippen molar-refractivity contribution in [3.05, 3.63) is 64.9 Å². The van der Waals surface area contributed by atoms with Gasteiger partial charge in [-0.05, 0) is 49.2 Å². The van der Waals surface area contributed by atoms with E-state index in [0.29, 0.717) is 17.1 Å². The van der Waals surface area contributed by atoms with Crippen LogP contribution in [0.5, 0.6) is 0 Å². The van der Waals surface area contributed by atoms with Gasteiger partial charge in [-0.25, -0.2) is 8.70 Å². The Balaban J connectivity index is 2.44. The molecule has 1 N–H and O–H groups in total. The quantitative estimate of drug-likeness (QED) is 0.501. The first-order chi connectivity index (χ1) is 16.0. The first kappa shape index (κ1) is 27.6. The molecule has 0 fully saturated rings. The zero-order chi connectivity index (χ0) is 25.5. The molecule has 186 valence electrons. The van der Waals surface area contributed by atoms with E-state index < -0.39 is 34.5 Å². The number of carbonyl (C=O) groups excluding carboxylic acids is 2. The summed E-state index contributed by atoms with van der Waals surface area (Å²) in [5.74, 6) is -1.53. The van der Waals surface area contributed by atoms with Crippen LogP contribution in [0.2, 0.25) is 5.02 Å². The highest BCUT2D eigenvalue weighted by Gasteiger charge is 2.32. The Labute approximate surface area is 205 Å². The minimum absolute atomic E-state index is 0.00150. The lowest BCUT2D eigenvalue weighted by atomic mass is 10.1. The van der Waals surface area contributed by atoms with Gasteiger partial charge in [0.15, 0.2) is 0 Å². The Morgan fingerprint density at radius 1 is 1.09 bits per heavy atom. The van der Waals surface area contributed by atoms with Gasteiger partial charge in [0.1, 0.15) is 18.4 Å². The monoisotopic (exact) mass is 512 g/mol. The molecule has 11 heteroatoms. The van der Waals surface area contributed by atoms with Gasteiger partial charge in [0, 0.05) is 32.2 Å². The zero-order valence-corrected chi connectivity index (χ0v) is 21.2. The molecule has 2 rings (SSSR count). The number of halogens is 2. The summed E-state index contributed by atoms with van der Waals surface area (Å²) in [6.07, 6.45) is 0.719. The van der Waals surface area contributed by atoms with Gasteiger partial charge in [0.05, 0.1) is 5.69 Å². The second-order valence-electron chi connectivity index (χ2n) is 7.85. The minimum Gasteiger partial charge on any atom is -0.354 e. The van der Waals surface area contributed by atoms with Gasteiger partial charge in [-0.2, -0.15) is 12.7 Å². The molecule has 0 saturated heterocycles. The largest absolute Gasteiger partial charge is 0.354 e. The average Bonchev–Trinajstić information content (AvgIpc) is 2.80. The van der Waals surface area contributed by atoms with Crippen LogP contribution in [0.1, 0.15) is 25.8 Å². The van der Waals surface area contributed by atoms with Gasteiger partial charge < -0.3 is 10.2 Å². The van der Waals surface area contributed by atoms with E-state index in [1.165, 1.54) is 31.1 Å². The Morgan fingerprint density at radius 2 is 1.71 bits per heavy atom. The Bertz CT molecular complexity index is 1100. The topological polar surface area (TPSA) is 90.0 Å². The lowest BCUT2D eigenvalue weighted by Gasteiger charge is -2.33. The molecule has 8 nitrogen and oxygen atoms in total. The van der Waals surface area contributed by atoms with Crippen molar-refractivity contribution in [3.63, 3.8) is 0 Å². The van der Waals surface area contributed by atoms with Crippen molar-refractivity contribution >= 4 is 39.3 Å². The van der Waals surface area contributed by atoms with Crippen molar-refractivity contribution in [1.82, 2.24) is 14.5 Å². The number of benzene rings is 2. The smallest absolute Gasteiger partial charge is 0.304 e. The summed E-state index contributed by atoms with van der Waals surface area (Å²) >= 11 is 6.28. The van der Waals surface area contributed by atoms with Crippen molar-refractivity contribution < 1.29 is 22.4 Å². The van der Waals surface area contributed by atoms with Crippen molar-refractivity contribution in [2.45, 2.75) is 32.9 Å². The fourth-order valence-corrected chi connectivity index (χ4v) is 4.36. The van der Waals surface area contributed by atoms with Crippen LogP contribution < -0.4 is 9.62 Å². The van der Waals surface area contributed by atoms with Gasteiger partial charge in [-0.1, -0.05) is 36.7 Å². The normalized spacial score (nSPS) is 12.3. The molecular weight excluding hydrogens is 483 g/mol. The van der Waals surface area contributed by atoms with E-state index in [1.54, 1.807) is 31.2 Å². The van der Waals surface area contributed by atoms with Crippen molar-refractivity contribution in [2.75, 3.05) is 31.5 Å². The molecule has 0 saturated carbocycles. The highest BCUT2D eigenvalue weighted by Crippen LogP contribution is 2.22. The molecule has 1 atom stereocenters. The van der Waals surface area contributed by atoms with E-state index in [9.17, 15) is 22.4 Å². The summed E-state index contributed by atoms with van der Waals surface area (Å²) in [4.78, 5) is 27.5. The number of carbonyl (C=O) groups is 2. The molecule has 0 aromatic heterocycles. The van der Waals surface area contributed by atoms with E-state index >= 15 is 0 Å². The fraction of sp³-hybridized carbons (Fsp3) is 0.391. The summed E-state index contributed by atoms with van der Waals surface area (Å²) < 4.78 is 41.3. The molecule has 1 unspecified atom stereocenters. The number of hydrogen-bond acceptors (Lipinski definition) is 4. The molecule has 0 aliphatic heterocycles. The maximum absolute atomic E-state index is 13.5. The summed E-state index contributed by atoms with van der Waals surface area (Å²) in [7, 11) is -1.44. The third kappa shape index (κ3) is 6.91. The molecule has 2 amide bonds. The van der Waals surface area contributed by atoms with Crippen molar-refractivity contribution in [1.29, 1.82) is 0 Å². The second-order valence-corrected chi connectivity index (χ2v) is 10.3. The van der Waals surface area contributed by atoms with Gasteiger partial charge in [0.2, 0.25) is 11.8 Å². The molecule has 2 aromatic rings. The third-order valence-corrected chi connectivity index (χ3v) is 7.34. The first-order valence-corrected chi connectivity index (χ1v) is 12.5. The summed E-state index contributed by atoms with van der Waals surface area (Å²) in [6.45, 7) is 3.32. The summed E-state index contributed by atoms with van der Waals surface area (Å²) in [6, 6.07) is 10.8. The van der Waals surface area contributed by atoms with E-state index in [1.807, 2.05) is 6.92 Å². The number of anilines is 1. The van der Waals surface area contributed by atoms with Gasteiger partial charge >= 0.3 is 10.2 Å². The Morgan fingerprint density at radius 3 is 2.26 bits per heavy atom. The molecule has 0 radical (unpaired) electrons. The van der Waals surface area contributed by atoms with Crippen LogP contribution in [0.4, 0.5) is 10.1 Å². The molecule has 34 heavy (non-hydrogen) atoms. The van der Waals surface area contributed by atoms with E-state index in [4.69, 9.17) is 11.6 Å². The van der Waals surface area contributed by atoms with Crippen LogP contribution in [0.15, 0.2) is 48.5 Å². The lowest BCUT2D eigenvalue weighted by Crippen LogP contribution is -2.52. The fourth-order valence-electron chi connectivity index (χ4n) is 3.11. The summed E-state index contributed by atoms with van der Waals surface area (Å²) in [5, 5.41) is 3.17. The van der Waals surface area contributed by atoms with Crippen molar-refractivity contribution in [3.8, 4) is 0 Å². The maximum atomic E-state index is 13.5. The van der Waals surface area contributed by atoms with Crippen LogP contribution in [0.3, 0.4) is 0 Å². The zero-order valence-electron chi connectivity index (χ0n) is 19.7. The molecule has 0 aliphatic carbocycles. The summed E-state index contributed by atoms with van der Waals surface area (Å²) in [5.41, 5.74) is 0.723. The third-order valence-electron chi connectivity index (χ3n) is 5.15. The number of amides is 2. The standard InChI is InChI=1S/C23H30ClFN4O4S/c1-5-14-26-23(31)17(2)28(15-18-8-6-7-9-21(18)24)22(30)16-29(34(32,33)27(3)4)20-12-10-19(25)11-13-20/h6-13,17H,5,14-16H2,1-4H3,(H,26,31). The number of rotatable bonds is 11. The highest BCUT2D eigenvalue weighted by molar-refractivity contribution is 7.90. The SMILES string of the molecule is CCCNC(=O)C(C)N(Cc1ccccc1Cl)C(=O)CN(c1ccc(F)cc1)S(=O)(=O)N(C)C. The van der Waals surface area contributed by atoms with Gasteiger partial charge in [-0.15, -0.1) is 0 Å². The Hall–Kier alpha value is -2.69. The van der Waals surface area contributed by atoms with Crippen LogP contribution >= 0.6 is 11.6 Å².